The zero-order valence-corrected chi connectivity index (χ0v) is 20.1. The van der Waals surface area contributed by atoms with Crippen LogP contribution in [0.5, 0.6) is 0 Å². The summed E-state index contributed by atoms with van der Waals surface area (Å²) in [7, 11) is 0. The molecule has 3 fully saturated rings. The second-order valence-corrected chi connectivity index (χ2v) is 11.1. The first kappa shape index (κ1) is 23.3. The Morgan fingerprint density at radius 1 is 1.03 bits per heavy atom. The minimum absolute atomic E-state index is 0.00380. The van der Waals surface area contributed by atoms with Crippen molar-refractivity contribution in [1.29, 1.82) is 5.41 Å². The van der Waals surface area contributed by atoms with Gasteiger partial charge in [-0.15, -0.1) is 0 Å². The van der Waals surface area contributed by atoms with Gasteiger partial charge in [-0.2, -0.15) is 0 Å². The molecule has 2 aromatic rings. The van der Waals surface area contributed by atoms with E-state index in [0.717, 1.165) is 25.7 Å². The van der Waals surface area contributed by atoms with Gasteiger partial charge in [0, 0.05) is 11.5 Å². The van der Waals surface area contributed by atoms with Crippen LogP contribution in [0, 0.1) is 29.1 Å². The molecule has 2 aliphatic carbocycles. The molecule has 3 aliphatic rings. The number of aliphatic carboxylic acids is 1. The van der Waals surface area contributed by atoms with E-state index in [4.69, 9.17) is 11.1 Å². The fraction of sp³-hybridized carbons (Fsp3) is 0.586. The average Bonchev–Trinajstić information content (AvgIpc) is 3.14. The van der Waals surface area contributed by atoms with Crippen LogP contribution in [0.3, 0.4) is 0 Å². The SMILES string of the molecule is N=C(N)C1CCC2(C3CCCCCCC3)NC(C(=O)O)C(Cc3cccc4ccccc34)C2C1. The molecule has 0 aromatic heterocycles. The van der Waals surface area contributed by atoms with Crippen molar-refractivity contribution < 1.29 is 9.90 Å². The number of nitrogens with one attached hydrogen (secondary N) is 2. The van der Waals surface area contributed by atoms with Crippen molar-refractivity contribution in [3.05, 3.63) is 48.0 Å². The second-order valence-electron chi connectivity index (χ2n) is 11.1. The number of carboxylic acid groups (broad SMARTS) is 1. The van der Waals surface area contributed by atoms with Crippen LogP contribution in [0.25, 0.3) is 10.8 Å². The summed E-state index contributed by atoms with van der Waals surface area (Å²) < 4.78 is 0. The molecule has 5 atom stereocenters. The molecule has 0 radical (unpaired) electrons. The maximum atomic E-state index is 12.6. The van der Waals surface area contributed by atoms with E-state index in [0.29, 0.717) is 5.92 Å². The molecule has 1 saturated heterocycles. The summed E-state index contributed by atoms with van der Waals surface area (Å²) in [5.41, 5.74) is 7.11. The monoisotopic (exact) mass is 461 g/mol. The summed E-state index contributed by atoms with van der Waals surface area (Å²) in [6.45, 7) is 0. The standard InChI is InChI=1S/C29H39N3O2/c30-27(31)21-15-16-29(22-12-4-2-1-3-5-13-22)25(18-21)24(26(32-29)28(33)34)17-20-11-8-10-19-9-6-7-14-23(19)20/h6-11,14,21-22,24-26,32H,1-5,12-13,15-18H2,(H3,30,31)(H,33,34). The van der Waals surface area contributed by atoms with E-state index >= 15 is 0 Å². The van der Waals surface area contributed by atoms with Crippen LogP contribution >= 0.6 is 0 Å². The smallest absolute Gasteiger partial charge is 0.321 e. The Bertz CT molecular complexity index is 1040. The van der Waals surface area contributed by atoms with E-state index in [2.05, 4.69) is 47.8 Å². The van der Waals surface area contributed by atoms with E-state index in [9.17, 15) is 9.90 Å². The van der Waals surface area contributed by atoms with Crippen molar-refractivity contribution in [3.8, 4) is 0 Å². The highest BCUT2D eigenvalue weighted by Crippen LogP contribution is 2.54. The van der Waals surface area contributed by atoms with Gasteiger partial charge in [0.2, 0.25) is 0 Å². The zero-order chi connectivity index (χ0) is 23.7. The Morgan fingerprint density at radius 2 is 1.74 bits per heavy atom. The molecule has 5 heteroatoms. The zero-order valence-electron chi connectivity index (χ0n) is 20.1. The number of rotatable bonds is 5. The van der Waals surface area contributed by atoms with Gasteiger partial charge < -0.3 is 10.8 Å². The summed E-state index contributed by atoms with van der Waals surface area (Å²) in [4.78, 5) is 12.6. The predicted octanol–water partition coefficient (Wildman–Crippen LogP) is 5.51. The molecule has 5 nitrogen and oxygen atoms in total. The molecule has 2 saturated carbocycles. The molecule has 1 heterocycles. The molecule has 0 spiro atoms. The Labute approximate surface area is 203 Å². The minimum atomic E-state index is -0.732. The van der Waals surface area contributed by atoms with Gasteiger partial charge in [-0.3, -0.25) is 15.5 Å². The van der Waals surface area contributed by atoms with Crippen molar-refractivity contribution in [1.82, 2.24) is 5.32 Å². The second kappa shape index (κ2) is 9.69. The van der Waals surface area contributed by atoms with Gasteiger partial charge in [-0.25, -0.2) is 0 Å². The molecule has 182 valence electrons. The van der Waals surface area contributed by atoms with Crippen molar-refractivity contribution in [2.45, 2.75) is 82.2 Å². The summed E-state index contributed by atoms with van der Waals surface area (Å²) in [6, 6.07) is 14.3. The molecule has 5 unspecified atom stereocenters. The van der Waals surface area contributed by atoms with Crippen molar-refractivity contribution in [2.75, 3.05) is 0 Å². The topological polar surface area (TPSA) is 99.2 Å². The van der Waals surface area contributed by atoms with Crippen LogP contribution in [0.15, 0.2) is 42.5 Å². The first-order valence-electron chi connectivity index (χ1n) is 13.3. The molecular formula is C29H39N3O2. The maximum Gasteiger partial charge on any atom is 0.321 e. The van der Waals surface area contributed by atoms with Crippen molar-refractivity contribution in [2.24, 2.45) is 29.4 Å². The number of carbonyl (C=O) groups is 1. The normalized spacial score (nSPS) is 32.6. The van der Waals surface area contributed by atoms with Gasteiger partial charge >= 0.3 is 5.97 Å². The Kier molecular flexibility index (Phi) is 6.65. The molecule has 0 amide bonds. The lowest BCUT2D eigenvalue weighted by Crippen LogP contribution is -2.57. The summed E-state index contributed by atoms with van der Waals surface area (Å²) in [5.74, 6) is 0.329. The molecule has 34 heavy (non-hydrogen) atoms. The minimum Gasteiger partial charge on any atom is -0.480 e. The number of carboxylic acids is 1. The van der Waals surface area contributed by atoms with Crippen LogP contribution in [0.1, 0.15) is 69.8 Å². The molecular weight excluding hydrogens is 422 g/mol. The number of hydrogen-bond donors (Lipinski definition) is 4. The lowest BCUT2D eigenvalue weighted by Gasteiger charge is -2.49. The van der Waals surface area contributed by atoms with Crippen LogP contribution < -0.4 is 11.1 Å². The number of nitrogens with two attached hydrogens (primary N) is 1. The maximum absolute atomic E-state index is 12.6. The third kappa shape index (κ3) is 4.24. The van der Waals surface area contributed by atoms with E-state index in [-0.39, 0.29) is 29.1 Å². The van der Waals surface area contributed by atoms with Gasteiger partial charge in [-0.1, -0.05) is 74.6 Å². The predicted molar refractivity (Wildman–Crippen MR) is 137 cm³/mol. The highest BCUT2D eigenvalue weighted by atomic mass is 16.4. The Hall–Kier alpha value is -2.40. The first-order valence-corrected chi connectivity index (χ1v) is 13.3. The molecule has 1 aliphatic heterocycles. The van der Waals surface area contributed by atoms with Gasteiger partial charge in [0.05, 0.1) is 5.84 Å². The van der Waals surface area contributed by atoms with Gasteiger partial charge in [0.1, 0.15) is 6.04 Å². The summed E-state index contributed by atoms with van der Waals surface area (Å²) in [6.07, 6.45) is 12.1. The van der Waals surface area contributed by atoms with Crippen LogP contribution in [0.2, 0.25) is 0 Å². The molecule has 0 bridgehead atoms. The molecule has 2 aromatic carbocycles. The van der Waals surface area contributed by atoms with Gasteiger partial charge in [0.15, 0.2) is 0 Å². The van der Waals surface area contributed by atoms with E-state index in [1.54, 1.807) is 0 Å². The fourth-order valence-corrected chi connectivity index (χ4v) is 7.71. The lowest BCUT2D eigenvalue weighted by molar-refractivity contribution is -0.140. The van der Waals surface area contributed by atoms with E-state index < -0.39 is 12.0 Å². The first-order chi connectivity index (χ1) is 16.5. The number of amidine groups is 1. The Balaban J connectivity index is 1.54. The number of fused-ring (bicyclic) bond motifs is 2. The fourth-order valence-electron chi connectivity index (χ4n) is 7.71. The largest absolute Gasteiger partial charge is 0.480 e. The molecule has 5 rings (SSSR count). The lowest BCUT2D eigenvalue weighted by atomic mass is 9.59. The van der Waals surface area contributed by atoms with Crippen LogP contribution in [-0.2, 0) is 11.2 Å². The van der Waals surface area contributed by atoms with Gasteiger partial charge in [0.25, 0.3) is 0 Å². The third-order valence-electron chi connectivity index (χ3n) is 9.35. The van der Waals surface area contributed by atoms with Crippen LogP contribution in [0.4, 0.5) is 0 Å². The van der Waals surface area contributed by atoms with E-state index in [1.807, 2.05) is 0 Å². The third-order valence-corrected chi connectivity index (χ3v) is 9.35. The summed E-state index contributed by atoms with van der Waals surface area (Å²) >= 11 is 0. The van der Waals surface area contributed by atoms with Crippen molar-refractivity contribution in [3.63, 3.8) is 0 Å². The highest BCUT2D eigenvalue weighted by molar-refractivity contribution is 5.86. The van der Waals surface area contributed by atoms with E-state index in [1.165, 1.54) is 61.3 Å². The number of hydrogen-bond acceptors (Lipinski definition) is 3. The number of benzene rings is 2. The summed E-state index contributed by atoms with van der Waals surface area (Å²) in [5, 5.41) is 24.8. The van der Waals surface area contributed by atoms with Crippen LogP contribution in [-0.4, -0.2) is 28.5 Å². The quantitative estimate of drug-likeness (QED) is 0.349. The van der Waals surface area contributed by atoms with Gasteiger partial charge in [-0.05, 0) is 72.6 Å². The highest BCUT2D eigenvalue weighted by Gasteiger charge is 2.59. The van der Waals surface area contributed by atoms with Crippen molar-refractivity contribution >= 4 is 22.6 Å². The molecule has 5 N–H and O–H groups in total. The average molecular weight is 462 g/mol. The Morgan fingerprint density at radius 3 is 2.47 bits per heavy atom.